The zero-order valence-electron chi connectivity index (χ0n) is 15.2. The summed E-state index contributed by atoms with van der Waals surface area (Å²) in [6.45, 7) is 4.30. The van der Waals surface area contributed by atoms with Crippen LogP contribution in [0.25, 0.3) is 0 Å². The summed E-state index contributed by atoms with van der Waals surface area (Å²) in [7, 11) is -1.74. The van der Waals surface area contributed by atoms with Crippen molar-refractivity contribution in [3.63, 3.8) is 0 Å². The number of hydrogen-bond donors (Lipinski definition) is 0. The quantitative estimate of drug-likeness (QED) is 0.226. The van der Waals surface area contributed by atoms with Crippen molar-refractivity contribution in [2.75, 3.05) is 38.6 Å². The molecule has 0 fully saturated rings. The molecule has 0 aliphatic heterocycles. The Morgan fingerprint density at radius 1 is 1.09 bits per heavy atom. The first-order chi connectivity index (χ1) is 10.1. The van der Waals surface area contributed by atoms with Gasteiger partial charge in [0.2, 0.25) is 0 Å². The van der Waals surface area contributed by atoms with Crippen LogP contribution in [0.3, 0.4) is 0 Å². The molecule has 134 valence electrons. The third-order valence-electron chi connectivity index (χ3n) is 3.48. The number of hydrogen-bond acceptors (Lipinski definition) is 7. The Morgan fingerprint density at radius 2 is 1.61 bits per heavy atom. The Balaban J connectivity index is 0. The van der Waals surface area contributed by atoms with Crippen molar-refractivity contribution in [3.05, 3.63) is 0 Å². The molecule has 0 amide bonds. The number of thioether (sulfide) groups is 1. The maximum atomic E-state index is 10.6. The first kappa shape index (κ1) is 27.2. The third kappa shape index (κ3) is 13.8. The van der Waals surface area contributed by atoms with E-state index in [2.05, 4.69) is 13.8 Å². The molecule has 0 saturated carbocycles. The van der Waals surface area contributed by atoms with Crippen molar-refractivity contribution in [1.29, 1.82) is 0 Å². The Bertz CT molecular complexity index is 393. The Hall–Kier alpha value is 1.99. The third-order valence-corrected chi connectivity index (χ3v) is 8.83. The normalized spacial score (nSPS) is 13.0. The van der Waals surface area contributed by atoms with E-state index in [9.17, 15) is 13.0 Å². The van der Waals surface area contributed by atoms with Gasteiger partial charge in [-0.15, -0.1) is 0 Å². The van der Waals surface area contributed by atoms with Crippen LogP contribution in [0, 0.1) is 5.41 Å². The molecule has 0 N–H and O–H groups in total. The average molecular weight is 413 g/mol. The Kier molecular flexibility index (Phi) is 15.6. The fourth-order valence-corrected chi connectivity index (χ4v) is 6.15. The van der Waals surface area contributed by atoms with Crippen LogP contribution in [-0.2, 0) is 23.4 Å². The fraction of sp³-hybridized carbons (Fsp3) is 1.00. The molecular formula is C13H29KO6S2Si. The van der Waals surface area contributed by atoms with Crippen molar-refractivity contribution >= 4 is 30.7 Å². The summed E-state index contributed by atoms with van der Waals surface area (Å²) >= 11 is 1.81. The molecule has 0 saturated heterocycles. The van der Waals surface area contributed by atoms with Gasteiger partial charge < -0.3 is 17.8 Å². The monoisotopic (exact) mass is 412 g/mol. The molecule has 0 heterocycles. The van der Waals surface area contributed by atoms with E-state index in [-0.39, 0.29) is 62.6 Å². The van der Waals surface area contributed by atoms with Crippen LogP contribution >= 0.6 is 11.8 Å². The van der Waals surface area contributed by atoms with Gasteiger partial charge in [-0.2, -0.15) is 11.8 Å². The summed E-state index contributed by atoms with van der Waals surface area (Å²) in [4.78, 5) is 0. The molecule has 10 heteroatoms. The largest absolute Gasteiger partial charge is 1.00 e. The van der Waals surface area contributed by atoms with Gasteiger partial charge >= 0.3 is 60.2 Å². The maximum absolute atomic E-state index is 10.6. The van der Waals surface area contributed by atoms with Crippen LogP contribution < -0.4 is 51.4 Å². The molecule has 23 heavy (non-hydrogen) atoms. The van der Waals surface area contributed by atoms with Crippen LogP contribution in [0.4, 0.5) is 0 Å². The molecule has 0 aromatic rings. The van der Waals surface area contributed by atoms with Crippen LogP contribution in [0.1, 0.15) is 33.1 Å². The second-order valence-electron chi connectivity index (χ2n) is 5.98. The van der Waals surface area contributed by atoms with Gasteiger partial charge in [0.05, 0.1) is 10.1 Å². The van der Waals surface area contributed by atoms with Gasteiger partial charge in [0.15, 0.2) is 0 Å². The van der Waals surface area contributed by atoms with E-state index in [1.54, 1.807) is 21.3 Å². The minimum absolute atomic E-state index is 0. The summed E-state index contributed by atoms with van der Waals surface area (Å²) in [6, 6.07) is 0.756. The molecule has 0 rings (SSSR count). The SMILES string of the molecule is CO[Si](CCSCC(C)(C)CCCCS(=O)(=O)[O-])(OC)OC.[K+]. The van der Waals surface area contributed by atoms with Crippen molar-refractivity contribution in [3.8, 4) is 0 Å². The first-order valence-corrected chi connectivity index (χ1v) is 11.9. The van der Waals surface area contributed by atoms with Crippen molar-refractivity contribution in [1.82, 2.24) is 0 Å². The average Bonchev–Trinajstić information content (AvgIpc) is 2.44. The van der Waals surface area contributed by atoms with E-state index in [1.807, 2.05) is 11.8 Å². The Morgan fingerprint density at radius 3 is 2.04 bits per heavy atom. The molecule has 0 unspecified atom stereocenters. The fourth-order valence-electron chi connectivity index (χ4n) is 2.06. The number of rotatable bonds is 13. The summed E-state index contributed by atoms with van der Waals surface area (Å²) in [5.74, 6) is 1.58. The topological polar surface area (TPSA) is 84.9 Å². The van der Waals surface area contributed by atoms with Crippen molar-refractivity contribution in [2.24, 2.45) is 5.41 Å². The standard InChI is InChI=1S/C13H30O6S2Si.K/c1-13(2,8-6-7-10-21(14,15)16)12-20-9-11-22(17-3,18-4)19-5;/h6-12H2,1-5H3,(H,14,15,16);/q;+1/p-1. The first-order valence-electron chi connectivity index (χ1n) is 7.26. The molecular weight excluding hydrogens is 383 g/mol. The number of unbranched alkanes of at least 4 members (excludes halogenated alkanes) is 1. The Labute approximate surface area is 189 Å². The van der Waals surface area contributed by atoms with E-state index in [0.29, 0.717) is 6.42 Å². The second kappa shape index (κ2) is 13.2. The molecule has 6 nitrogen and oxygen atoms in total. The molecule has 0 aromatic carbocycles. The second-order valence-corrected chi connectivity index (χ2v) is 11.7. The summed E-state index contributed by atoms with van der Waals surface area (Å²) in [5.41, 5.74) is 0.106. The molecule has 0 spiro atoms. The van der Waals surface area contributed by atoms with Crippen LogP contribution in [0.5, 0.6) is 0 Å². The van der Waals surface area contributed by atoms with Gasteiger partial charge in [-0.3, -0.25) is 0 Å². The van der Waals surface area contributed by atoms with Gasteiger partial charge in [0.1, 0.15) is 0 Å². The minimum atomic E-state index is -4.08. The van der Waals surface area contributed by atoms with Gasteiger partial charge in [-0.25, -0.2) is 8.42 Å². The van der Waals surface area contributed by atoms with Crippen LogP contribution in [-0.4, -0.2) is 60.4 Å². The zero-order valence-corrected chi connectivity index (χ0v) is 21.0. The molecule has 0 atom stereocenters. The maximum Gasteiger partial charge on any atom is 1.00 e. The molecule has 0 aliphatic carbocycles. The van der Waals surface area contributed by atoms with Gasteiger partial charge in [0.25, 0.3) is 0 Å². The minimum Gasteiger partial charge on any atom is -0.748 e. The molecule has 0 aliphatic rings. The van der Waals surface area contributed by atoms with E-state index in [0.717, 1.165) is 30.4 Å². The zero-order chi connectivity index (χ0) is 17.3. The van der Waals surface area contributed by atoms with E-state index < -0.39 is 18.9 Å². The molecule has 0 aromatic heterocycles. The van der Waals surface area contributed by atoms with Gasteiger partial charge in [0, 0.05) is 33.1 Å². The van der Waals surface area contributed by atoms with E-state index >= 15 is 0 Å². The van der Waals surface area contributed by atoms with Crippen LogP contribution in [0.15, 0.2) is 0 Å². The predicted molar refractivity (Wildman–Crippen MR) is 91.1 cm³/mol. The smallest absolute Gasteiger partial charge is 0.748 e. The molecule has 0 radical (unpaired) electrons. The predicted octanol–water partition coefficient (Wildman–Crippen LogP) is -0.657. The summed E-state index contributed by atoms with van der Waals surface area (Å²) in [6.07, 6.45) is 2.09. The summed E-state index contributed by atoms with van der Waals surface area (Å²) in [5, 5.41) is 0. The van der Waals surface area contributed by atoms with Gasteiger partial charge in [-0.05, 0) is 29.8 Å². The van der Waals surface area contributed by atoms with Gasteiger partial charge in [-0.1, -0.05) is 20.3 Å². The summed E-state index contributed by atoms with van der Waals surface area (Å²) < 4.78 is 47.8. The molecule has 0 bridgehead atoms. The van der Waals surface area contributed by atoms with Crippen LogP contribution in [0.2, 0.25) is 6.04 Å². The van der Waals surface area contributed by atoms with E-state index in [4.69, 9.17) is 13.3 Å². The van der Waals surface area contributed by atoms with Crippen molar-refractivity contribution < 1.29 is 77.6 Å². The van der Waals surface area contributed by atoms with E-state index in [1.165, 1.54) is 0 Å². The van der Waals surface area contributed by atoms with Crippen molar-refractivity contribution in [2.45, 2.75) is 39.2 Å².